The predicted octanol–water partition coefficient (Wildman–Crippen LogP) is 6.96. The Morgan fingerprint density at radius 2 is 1.67 bits per heavy atom. The van der Waals surface area contributed by atoms with Crippen molar-refractivity contribution < 1.29 is 23.6 Å². The second-order valence-corrected chi connectivity index (χ2v) is 14.3. The highest BCUT2D eigenvalue weighted by atomic mass is 31.2. The van der Waals surface area contributed by atoms with E-state index >= 15 is 0 Å². The molecule has 0 aliphatic heterocycles. The van der Waals surface area contributed by atoms with E-state index in [1.165, 1.54) is 44.9 Å². The van der Waals surface area contributed by atoms with E-state index in [4.69, 9.17) is 9.05 Å². The Morgan fingerprint density at radius 1 is 0.970 bits per heavy atom. The summed E-state index contributed by atoms with van der Waals surface area (Å²) in [5.74, 6) is 4.65. The summed E-state index contributed by atoms with van der Waals surface area (Å²) < 4.78 is 22.1. The van der Waals surface area contributed by atoms with Crippen molar-refractivity contribution >= 4 is 7.82 Å². The van der Waals surface area contributed by atoms with Crippen LogP contribution in [0.3, 0.4) is 0 Å². The number of hydrogen-bond acceptors (Lipinski definition) is 4. The highest BCUT2D eigenvalue weighted by Crippen LogP contribution is 2.68. The zero-order valence-electron chi connectivity index (χ0n) is 21.7. The van der Waals surface area contributed by atoms with Crippen molar-refractivity contribution in [3.8, 4) is 0 Å². The van der Waals surface area contributed by atoms with Crippen molar-refractivity contribution in [3.63, 3.8) is 0 Å². The molecule has 192 valence electrons. The van der Waals surface area contributed by atoms with E-state index in [9.17, 15) is 14.6 Å². The van der Waals surface area contributed by atoms with E-state index in [-0.39, 0.29) is 18.8 Å². The van der Waals surface area contributed by atoms with Gasteiger partial charge < -0.3 is 10.00 Å². The molecule has 0 heterocycles. The predicted molar refractivity (Wildman–Crippen MR) is 132 cm³/mol. The SMILES string of the molecule is CC(C)OP(=O)(O)OCCCC(C)C1CCC2C3CCC4CC(O)CCC4(C)C3CCC12C. The molecular formula is C27H49O5P. The summed E-state index contributed by atoms with van der Waals surface area (Å²) in [5, 5.41) is 10.3. The Bertz CT molecular complexity index is 727. The molecule has 0 bridgehead atoms. The quantitative estimate of drug-likeness (QED) is 0.288. The van der Waals surface area contributed by atoms with E-state index in [0.717, 1.165) is 55.3 Å². The van der Waals surface area contributed by atoms with Gasteiger partial charge in [0.05, 0.1) is 18.8 Å². The fourth-order valence-electron chi connectivity index (χ4n) is 9.29. The number of phosphoric acid groups is 1. The van der Waals surface area contributed by atoms with Gasteiger partial charge in [0.15, 0.2) is 0 Å². The second kappa shape index (κ2) is 9.85. The first-order chi connectivity index (χ1) is 15.5. The van der Waals surface area contributed by atoms with Gasteiger partial charge in [-0.1, -0.05) is 20.8 Å². The Balaban J connectivity index is 1.34. The van der Waals surface area contributed by atoms with Crippen LogP contribution >= 0.6 is 7.82 Å². The summed E-state index contributed by atoms with van der Waals surface area (Å²) in [6.07, 6.45) is 12.8. The maximum Gasteiger partial charge on any atom is 0.472 e. The van der Waals surface area contributed by atoms with Crippen molar-refractivity contribution in [2.24, 2.45) is 46.3 Å². The monoisotopic (exact) mass is 484 g/mol. The second-order valence-electron chi connectivity index (χ2n) is 12.9. The highest BCUT2D eigenvalue weighted by molar-refractivity contribution is 7.47. The summed E-state index contributed by atoms with van der Waals surface area (Å²) in [6, 6.07) is 0. The van der Waals surface area contributed by atoms with Crippen LogP contribution in [0.1, 0.15) is 105 Å². The van der Waals surface area contributed by atoms with Gasteiger partial charge in [0.2, 0.25) is 0 Å². The topological polar surface area (TPSA) is 76.0 Å². The zero-order valence-corrected chi connectivity index (χ0v) is 22.6. The van der Waals surface area contributed by atoms with Gasteiger partial charge in [0, 0.05) is 0 Å². The lowest BCUT2D eigenvalue weighted by molar-refractivity contribution is -0.129. The Morgan fingerprint density at radius 3 is 2.39 bits per heavy atom. The molecule has 33 heavy (non-hydrogen) atoms. The number of phosphoric ester groups is 1. The van der Waals surface area contributed by atoms with E-state index in [0.29, 0.717) is 16.7 Å². The molecule has 6 heteroatoms. The normalized spacial score (nSPS) is 45.7. The van der Waals surface area contributed by atoms with Crippen LogP contribution in [0.25, 0.3) is 0 Å². The van der Waals surface area contributed by atoms with Crippen LogP contribution in [0.4, 0.5) is 0 Å². The standard InChI is InChI=1S/C27H49O5P/c1-18(2)32-33(29,30)31-16-6-7-19(3)23-10-11-24-22-9-8-20-17-21(28)12-14-26(20,4)25(22)13-15-27(23,24)5/h18-25,28H,6-17H2,1-5H3,(H,29,30). The lowest BCUT2D eigenvalue weighted by Gasteiger charge is -2.61. The van der Waals surface area contributed by atoms with Gasteiger partial charge in [-0.25, -0.2) is 4.57 Å². The van der Waals surface area contributed by atoms with Crippen LogP contribution in [0.15, 0.2) is 0 Å². The van der Waals surface area contributed by atoms with Crippen molar-refractivity contribution in [2.75, 3.05) is 6.61 Å². The largest absolute Gasteiger partial charge is 0.472 e. The fraction of sp³-hybridized carbons (Fsp3) is 1.00. The molecule has 4 rings (SSSR count). The van der Waals surface area contributed by atoms with Crippen molar-refractivity contribution in [1.29, 1.82) is 0 Å². The molecule has 10 unspecified atom stereocenters. The van der Waals surface area contributed by atoms with Crippen LogP contribution < -0.4 is 0 Å². The first kappa shape index (κ1) is 26.1. The van der Waals surface area contributed by atoms with Crippen LogP contribution in [0, 0.1) is 46.3 Å². The Labute approximate surface area is 202 Å². The number of aliphatic hydroxyl groups excluding tert-OH is 1. The minimum absolute atomic E-state index is 0.0640. The van der Waals surface area contributed by atoms with E-state index in [1.54, 1.807) is 13.8 Å². The first-order valence-corrected chi connectivity index (χ1v) is 15.3. The summed E-state index contributed by atoms with van der Waals surface area (Å²) in [5.41, 5.74) is 0.882. The lowest BCUT2D eigenvalue weighted by atomic mass is 9.44. The van der Waals surface area contributed by atoms with Gasteiger partial charge in [0.25, 0.3) is 0 Å². The third-order valence-corrected chi connectivity index (χ3v) is 12.0. The summed E-state index contributed by atoms with van der Waals surface area (Å²) in [4.78, 5) is 9.78. The average Bonchev–Trinajstić information content (AvgIpc) is 3.08. The van der Waals surface area contributed by atoms with Crippen LogP contribution in [0.5, 0.6) is 0 Å². The molecule has 0 radical (unpaired) electrons. The molecular weight excluding hydrogens is 435 g/mol. The molecule has 10 atom stereocenters. The Hall–Kier alpha value is 0.0700. The lowest BCUT2D eigenvalue weighted by Crippen LogP contribution is -2.54. The number of fused-ring (bicyclic) bond motifs is 5. The minimum atomic E-state index is -3.93. The number of hydrogen-bond donors (Lipinski definition) is 2. The molecule has 0 aromatic carbocycles. The van der Waals surface area contributed by atoms with E-state index in [1.807, 2.05) is 0 Å². The van der Waals surface area contributed by atoms with Gasteiger partial charge in [-0.2, -0.15) is 0 Å². The smallest absolute Gasteiger partial charge is 0.393 e. The summed E-state index contributed by atoms with van der Waals surface area (Å²) >= 11 is 0. The molecule has 0 saturated heterocycles. The van der Waals surface area contributed by atoms with Crippen molar-refractivity contribution in [1.82, 2.24) is 0 Å². The molecule has 4 fully saturated rings. The van der Waals surface area contributed by atoms with Gasteiger partial charge >= 0.3 is 7.82 Å². The minimum Gasteiger partial charge on any atom is -0.393 e. The first-order valence-electron chi connectivity index (χ1n) is 13.8. The number of aliphatic hydroxyl groups is 1. The van der Waals surface area contributed by atoms with Crippen LogP contribution in [-0.4, -0.2) is 28.8 Å². The average molecular weight is 485 g/mol. The maximum atomic E-state index is 11.9. The highest BCUT2D eigenvalue weighted by Gasteiger charge is 2.60. The van der Waals surface area contributed by atoms with E-state index in [2.05, 4.69) is 20.8 Å². The van der Waals surface area contributed by atoms with Crippen molar-refractivity contribution in [2.45, 2.75) is 117 Å². The maximum absolute atomic E-state index is 11.9. The summed E-state index contributed by atoms with van der Waals surface area (Å²) in [7, 11) is -3.93. The third-order valence-electron chi connectivity index (χ3n) is 10.8. The molecule has 2 N–H and O–H groups in total. The molecule has 0 aromatic rings. The van der Waals surface area contributed by atoms with Gasteiger partial charge in [0.1, 0.15) is 0 Å². The molecule has 4 aliphatic rings. The van der Waals surface area contributed by atoms with Gasteiger partial charge in [-0.3, -0.25) is 9.05 Å². The van der Waals surface area contributed by atoms with E-state index < -0.39 is 7.82 Å². The van der Waals surface area contributed by atoms with Gasteiger partial charge in [-0.05, 0) is 131 Å². The molecule has 5 nitrogen and oxygen atoms in total. The third kappa shape index (κ3) is 5.15. The molecule has 4 saturated carbocycles. The van der Waals surface area contributed by atoms with Crippen LogP contribution in [0.2, 0.25) is 0 Å². The number of rotatable bonds is 8. The van der Waals surface area contributed by atoms with Crippen molar-refractivity contribution in [3.05, 3.63) is 0 Å². The molecule has 0 amide bonds. The van der Waals surface area contributed by atoms with Gasteiger partial charge in [-0.15, -0.1) is 0 Å². The zero-order chi connectivity index (χ0) is 24.0. The fourth-order valence-corrected chi connectivity index (χ4v) is 10.2. The molecule has 0 aromatic heterocycles. The summed E-state index contributed by atoms with van der Waals surface area (Å²) in [6.45, 7) is 11.3. The molecule has 0 spiro atoms. The van der Waals surface area contributed by atoms with Crippen LogP contribution in [-0.2, 0) is 13.6 Å². The Kier molecular flexibility index (Phi) is 7.80. The molecule has 4 aliphatic carbocycles.